The zero-order valence-electron chi connectivity index (χ0n) is 10.2. The van der Waals surface area contributed by atoms with Gasteiger partial charge in [0.05, 0.1) is 5.69 Å². The van der Waals surface area contributed by atoms with Crippen molar-refractivity contribution in [2.75, 3.05) is 31.6 Å². The van der Waals surface area contributed by atoms with E-state index in [0.29, 0.717) is 0 Å². The van der Waals surface area contributed by atoms with E-state index in [9.17, 15) is 0 Å². The second kappa shape index (κ2) is 4.96. The fraction of sp³-hybridized carbons (Fsp3) is 0.571. The van der Waals surface area contributed by atoms with Crippen LogP contribution >= 0.6 is 0 Å². The average Bonchev–Trinajstić information content (AvgIpc) is 2.40. The minimum Gasteiger partial charge on any atom is -0.490 e. The number of nitrogens with one attached hydrogen (secondary N) is 1. The molecule has 0 amide bonds. The number of fused-ring (bicyclic) bond motifs is 1. The predicted octanol–water partition coefficient (Wildman–Crippen LogP) is 2.48. The summed E-state index contributed by atoms with van der Waals surface area (Å²) in [7, 11) is 0. The van der Waals surface area contributed by atoms with Crippen molar-refractivity contribution < 1.29 is 4.74 Å². The number of benzene rings is 1. The average molecular weight is 232 g/mol. The van der Waals surface area contributed by atoms with Gasteiger partial charge in [0.1, 0.15) is 12.4 Å². The van der Waals surface area contributed by atoms with E-state index in [4.69, 9.17) is 4.74 Å². The largest absolute Gasteiger partial charge is 0.490 e. The summed E-state index contributed by atoms with van der Waals surface area (Å²) in [5.41, 5.74) is 2.55. The smallest absolute Gasteiger partial charge is 0.142 e. The zero-order chi connectivity index (χ0) is 11.5. The quantitative estimate of drug-likeness (QED) is 0.847. The lowest BCUT2D eigenvalue weighted by atomic mass is 10.1. The molecule has 2 heterocycles. The highest BCUT2D eigenvalue weighted by atomic mass is 16.5. The van der Waals surface area contributed by atoms with Crippen molar-refractivity contribution in [3.05, 3.63) is 23.8 Å². The lowest BCUT2D eigenvalue weighted by molar-refractivity contribution is 0.221. The lowest BCUT2D eigenvalue weighted by Crippen LogP contribution is -2.29. The van der Waals surface area contributed by atoms with Crippen molar-refractivity contribution >= 4 is 5.69 Å². The van der Waals surface area contributed by atoms with Crippen LogP contribution in [0.5, 0.6) is 5.75 Å². The fourth-order valence-electron chi connectivity index (χ4n) is 2.66. The Hall–Kier alpha value is -1.22. The van der Waals surface area contributed by atoms with E-state index in [1.165, 1.54) is 37.9 Å². The maximum Gasteiger partial charge on any atom is 0.142 e. The third-order valence-electron chi connectivity index (χ3n) is 3.57. The molecule has 3 nitrogen and oxygen atoms in total. The van der Waals surface area contributed by atoms with E-state index >= 15 is 0 Å². The van der Waals surface area contributed by atoms with Crippen molar-refractivity contribution in [1.29, 1.82) is 0 Å². The monoisotopic (exact) mass is 232 g/mol. The van der Waals surface area contributed by atoms with Gasteiger partial charge in [-0.15, -0.1) is 0 Å². The highest BCUT2D eigenvalue weighted by Crippen LogP contribution is 2.28. The van der Waals surface area contributed by atoms with E-state index in [2.05, 4.69) is 28.4 Å². The van der Waals surface area contributed by atoms with Crippen LogP contribution in [0.25, 0.3) is 0 Å². The molecule has 3 rings (SSSR count). The lowest BCUT2D eigenvalue weighted by Gasteiger charge is -2.27. The minimum atomic E-state index is 0.776. The van der Waals surface area contributed by atoms with Gasteiger partial charge in [0.2, 0.25) is 0 Å². The third-order valence-corrected chi connectivity index (χ3v) is 3.57. The summed E-state index contributed by atoms with van der Waals surface area (Å²) in [6.45, 7) is 5.27. The first-order chi connectivity index (χ1) is 8.42. The summed E-state index contributed by atoms with van der Waals surface area (Å²) in [6, 6.07) is 6.53. The molecule has 0 aromatic heterocycles. The molecule has 3 heteroatoms. The molecule has 17 heavy (non-hydrogen) atoms. The number of nitrogens with zero attached hydrogens (tertiary/aromatic N) is 1. The van der Waals surface area contributed by atoms with Gasteiger partial charge in [-0.1, -0.05) is 12.5 Å². The van der Waals surface area contributed by atoms with Crippen LogP contribution in [-0.2, 0) is 6.54 Å². The number of rotatable bonds is 2. The van der Waals surface area contributed by atoms with Crippen molar-refractivity contribution in [3.8, 4) is 5.75 Å². The van der Waals surface area contributed by atoms with E-state index < -0.39 is 0 Å². The third kappa shape index (κ3) is 2.55. The van der Waals surface area contributed by atoms with Gasteiger partial charge in [-0.05, 0) is 43.6 Å². The first kappa shape index (κ1) is 10.9. The van der Waals surface area contributed by atoms with Gasteiger partial charge >= 0.3 is 0 Å². The summed E-state index contributed by atoms with van der Waals surface area (Å²) in [4.78, 5) is 2.55. The minimum absolute atomic E-state index is 0.776. The summed E-state index contributed by atoms with van der Waals surface area (Å²) in [6.07, 6.45) is 4.11. The molecule has 92 valence electrons. The molecule has 2 aliphatic heterocycles. The normalized spacial score (nSPS) is 20.2. The molecule has 1 aromatic carbocycles. The van der Waals surface area contributed by atoms with E-state index in [1.54, 1.807) is 0 Å². The second-order valence-electron chi connectivity index (χ2n) is 4.94. The Labute approximate surface area is 103 Å². The van der Waals surface area contributed by atoms with Crippen LogP contribution in [0.4, 0.5) is 5.69 Å². The van der Waals surface area contributed by atoms with Gasteiger partial charge in [-0.2, -0.15) is 0 Å². The number of anilines is 1. The molecule has 1 aromatic rings. The van der Waals surface area contributed by atoms with Gasteiger partial charge < -0.3 is 10.1 Å². The number of hydrogen-bond donors (Lipinski definition) is 1. The number of likely N-dealkylation sites (tertiary alicyclic amines) is 1. The van der Waals surface area contributed by atoms with E-state index in [1.807, 2.05) is 0 Å². The van der Waals surface area contributed by atoms with Crippen LogP contribution in [0.15, 0.2) is 18.2 Å². The Balaban J connectivity index is 1.70. The number of piperidine rings is 1. The van der Waals surface area contributed by atoms with Crippen LogP contribution in [0, 0.1) is 0 Å². The van der Waals surface area contributed by atoms with Gasteiger partial charge in [-0.3, -0.25) is 4.90 Å². The molecule has 2 aliphatic rings. The maximum absolute atomic E-state index is 5.59. The summed E-state index contributed by atoms with van der Waals surface area (Å²) < 4.78 is 5.59. The van der Waals surface area contributed by atoms with Crippen LogP contribution in [0.1, 0.15) is 24.8 Å². The predicted molar refractivity (Wildman–Crippen MR) is 69.6 cm³/mol. The Morgan fingerprint density at radius 1 is 1.18 bits per heavy atom. The first-order valence-corrected chi connectivity index (χ1v) is 6.64. The maximum atomic E-state index is 5.59. The van der Waals surface area contributed by atoms with Crippen molar-refractivity contribution in [2.24, 2.45) is 0 Å². The highest BCUT2D eigenvalue weighted by molar-refractivity contribution is 5.59. The Kier molecular flexibility index (Phi) is 3.18. The van der Waals surface area contributed by atoms with Gasteiger partial charge in [0, 0.05) is 13.1 Å². The van der Waals surface area contributed by atoms with Crippen LogP contribution < -0.4 is 10.1 Å². The van der Waals surface area contributed by atoms with Crippen molar-refractivity contribution in [1.82, 2.24) is 4.90 Å². The van der Waals surface area contributed by atoms with Crippen molar-refractivity contribution in [3.63, 3.8) is 0 Å². The van der Waals surface area contributed by atoms with Gasteiger partial charge in [0.25, 0.3) is 0 Å². The molecule has 0 radical (unpaired) electrons. The Morgan fingerprint density at radius 3 is 2.94 bits per heavy atom. The summed E-state index contributed by atoms with van der Waals surface area (Å²) >= 11 is 0. The van der Waals surface area contributed by atoms with E-state index in [0.717, 1.165) is 31.1 Å². The molecular weight excluding hydrogens is 212 g/mol. The summed E-state index contributed by atoms with van der Waals surface area (Å²) in [5, 5.41) is 3.40. The highest BCUT2D eigenvalue weighted by Gasteiger charge is 2.13. The number of hydrogen-bond acceptors (Lipinski definition) is 3. The van der Waals surface area contributed by atoms with Crippen LogP contribution in [0.2, 0.25) is 0 Å². The Bertz CT molecular complexity index is 386. The van der Waals surface area contributed by atoms with Crippen LogP contribution in [0.3, 0.4) is 0 Å². The molecular formula is C14H20N2O. The molecule has 1 fully saturated rings. The number of ether oxygens (including phenoxy) is 1. The molecule has 1 N–H and O–H groups in total. The molecule has 0 aliphatic carbocycles. The standard InChI is InChI=1S/C14H20N2O/c1-2-7-16(8-3-1)11-12-4-5-14-13(10-12)15-6-9-17-14/h4-5,10,15H,1-3,6-9,11H2. The van der Waals surface area contributed by atoms with Crippen molar-refractivity contribution in [2.45, 2.75) is 25.8 Å². The van der Waals surface area contributed by atoms with E-state index in [-0.39, 0.29) is 0 Å². The fourth-order valence-corrected chi connectivity index (χ4v) is 2.66. The molecule has 0 atom stereocenters. The zero-order valence-corrected chi connectivity index (χ0v) is 10.2. The topological polar surface area (TPSA) is 24.5 Å². The van der Waals surface area contributed by atoms with Crippen LogP contribution in [-0.4, -0.2) is 31.1 Å². The summed E-state index contributed by atoms with van der Waals surface area (Å²) in [5.74, 6) is 0.999. The first-order valence-electron chi connectivity index (χ1n) is 6.64. The van der Waals surface area contributed by atoms with Gasteiger partial charge in [0.15, 0.2) is 0 Å². The molecule has 1 saturated heterocycles. The van der Waals surface area contributed by atoms with Gasteiger partial charge in [-0.25, -0.2) is 0 Å². The Morgan fingerprint density at radius 2 is 2.06 bits per heavy atom. The SMILES string of the molecule is c1cc2c(cc1CN1CCCCC1)NCCO2. The molecule has 0 unspecified atom stereocenters. The molecule has 0 spiro atoms. The molecule has 0 saturated carbocycles. The molecule has 0 bridgehead atoms. The second-order valence-corrected chi connectivity index (χ2v) is 4.94.